The fourth-order valence-corrected chi connectivity index (χ4v) is 4.15. The molecule has 4 rings (SSSR count). The van der Waals surface area contributed by atoms with Crippen molar-refractivity contribution in [3.8, 4) is 11.1 Å². The Morgan fingerprint density at radius 3 is 2.43 bits per heavy atom. The summed E-state index contributed by atoms with van der Waals surface area (Å²) in [6.45, 7) is 2.58. The van der Waals surface area contributed by atoms with Crippen molar-refractivity contribution in [2.24, 2.45) is 0 Å². The van der Waals surface area contributed by atoms with Crippen LogP contribution in [0.4, 0.5) is 0 Å². The van der Waals surface area contributed by atoms with Gasteiger partial charge in [-0.05, 0) is 41.9 Å². The molecule has 0 saturated heterocycles. The number of carboxylic acids is 1. The first-order valence-corrected chi connectivity index (χ1v) is 9.68. The van der Waals surface area contributed by atoms with Gasteiger partial charge in [0.25, 0.3) is 0 Å². The Hall–Kier alpha value is -3.14. The van der Waals surface area contributed by atoms with Crippen LogP contribution in [0.1, 0.15) is 52.9 Å². The molecule has 1 aliphatic rings. The van der Waals surface area contributed by atoms with E-state index in [0.29, 0.717) is 12.1 Å². The van der Waals surface area contributed by atoms with Crippen LogP contribution < -0.4 is 5.43 Å². The van der Waals surface area contributed by atoms with Crippen molar-refractivity contribution in [3.05, 3.63) is 93.4 Å². The molecule has 0 spiro atoms. The second kappa shape index (κ2) is 7.47. The number of hydrogen-bond donors (Lipinski definition) is 1. The number of carbonyl (C=O) groups is 1. The molecular weight excluding hydrogens is 350 g/mol. The lowest BCUT2D eigenvalue weighted by Gasteiger charge is -2.26. The highest BCUT2D eigenvalue weighted by Crippen LogP contribution is 2.29. The summed E-state index contributed by atoms with van der Waals surface area (Å²) in [5.74, 6) is -1.05. The SMILES string of the molecule is CC1CCCc2c1c(=O)c(C(=O)O)cn2Cc1ccc(-c2ccccc2)cc1. The van der Waals surface area contributed by atoms with Gasteiger partial charge >= 0.3 is 5.97 Å². The van der Waals surface area contributed by atoms with Crippen LogP contribution in [0.25, 0.3) is 11.1 Å². The van der Waals surface area contributed by atoms with E-state index in [1.54, 1.807) is 0 Å². The van der Waals surface area contributed by atoms with Crippen molar-refractivity contribution in [1.29, 1.82) is 0 Å². The summed E-state index contributed by atoms with van der Waals surface area (Å²) in [4.78, 5) is 24.3. The van der Waals surface area contributed by atoms with Crippen LogP contribution in [0, 0.1) is 0 Å². The summed E-state index contributed by atoms with van der Waals surface area (Å²) < 4.78 is 1.97. The van der Waals surface area contributed by atoms with E-state index in [4.69, 9.17) is 0 Å². The fourth-order valence-electron chi connectivity index (χ4n) is 4.15. The van der Waals surface area contributed by atoms with E-state index in [-0.39, 0.29) is 16.9 Å². The number of benzene rings is 2. The van der Waals surface area contributed by atoms with Gasteiger partial charge < -0.3 is 9.67 Å². The van der Waals surface area contributed by atoms with Crippen molar-refractivity contribution in [3.63, 3.8) is 0 Å². The smallest absolute Gasteiger partial charge is 0.341 e. The Labute approximate surface area is 164 Å². The minimum atomic E-state index is -1.15. The molecule has 142 valence electrons. The molecule has 0 fully saturated rings. The standard InChI is InChI=1S/C24H23NO3/c1-16-6-5-9-21-22(16)23(26)20(24(27)28)15-25(21)14-17-10-12-19(13-11-17)18-7-3-2-4-8-18/h2-4,7-8,10-13,15-16H,5-6,9,14H2,1H3,(H,27,28). The van der Waals surface area contributed by atoms with Crippen LogP contribution >= 0.6 is 0 Å². The maximum atomic E-state index is 12.7. The van der Waals surface area contributed by atoms with E-state index in [1.807, 2.05) is 29.7 Å². The Bertz CT molecular complexity index is 1070. The number of aromatic carboxylic acids is 1. The molecule has 1 unspecified atom stereocenters. The predicted molar refractivity (Wildman–Crippen MR) is 110 cm³/mol. The highest BCUT2D eigenvalue weighted by atomic mass is 16.4. The van der Waals surface area contributed by atoms with E-state index >= 15 is 0 Å². The van der Waals surface area contributed by atoms with Crippen LogP contribution in [0.3, 0.4) is 0 Å². The summed E-state index contributed by atoms with van der Waals surface area (Å²) in [7, 11) is 0. The molecule has 0 radical (unpaired) electrons. The van der Waals surface area contributed by atoms with Crippen molar-refractivity contribution in [2.45, 2.75) is 38.6 Å². The third-order valence-electron chi connectivity index (χ3n) is 5.62. The lowest BCUT2D eigenvalue weighted by molar-refractivity contribution is 0.0694. The van der Waals surface area contributed by atoms with Crippen LogP contribution in [-0.4, -0.2) is 15.6 Å². The topological polar surface area (TPSA) is 59.3 Å². The Kier molecular flexibility index (Phi) is 4.86. The number of carboxylic acid groups (broad SMARTS) is 1. The lowest BCUT2D eigenvalue weighted by atomic mass is 9.85. The number of nitrogens with zero attached hydrogens (tertiary/aromatic N) is 1. The first kappa shape index (κ1) is 18.2. The number of pyridine rings is 1. The van der Waals surface area contributed by atoms with Gasteiger partial charge in [-0.25, -0.2) is 4.79 Å². The molecule has 2 aromatic carbocycles. The Balaban J connectivity index is 1.72. The van der Waals surface area contributed by atoms with Gasteiger partial charge in [0.1, 0.15) is 5.56 Å². The summed E-state index contributed by atoms with van der Waals surface area (Å²) in [6.07, 6.45) is 4.29. The highest BCUT2D eigenvalue weighted by molar-refractivity contribution is 5.87. The average Bonchev–Trinajstić information content (AvgIpc) is 2.71. The normalized spacial score (nSPS) is 15.8. The lowest BCUT2D eigenvalue weighted by Crippen LogP contribution is -2.29. The van der Waals surface area contributed by atoms with Gasteiger partial charge in [-0.3, -0.25) is 4.79 Å². The average molecular weight is 373 g/mol. The zero-order chi connectivity index (χ0) is 19.7. The molecule has 4 nitrogen and oxygen atoms in total. The predicted octanol–water partition coefficient (Wildman–Crippen LogP) is 4.70. The zero-order valence-electron chi connectivity index (χ0n) is 15.9. The highest BCUT2D eigenvalue weighted by Gasteiger charge is 2.26. The summed E-state index contributed by atoms with van der Waals surface area (Å²) >= 11 is 0. The largest absolute Gasteiger partial charge is 0.477 e. The van der Waals surface area contributed by atoms with Crippen molar-refractivity contribution in [1.82, 2.24) is 4.57 Å². The first-order chi connectivity index (χ1) is 13.5. The van der Waals surface area contributed by atoms with Crippen molar-refractivity contribution >= 4 is 5.97 Å². The molecular formula is C24H23NO3. The Morgan fingerprint density at radius 2 is 1.75 bits per heavy atom. The molecule has 1 aliphatic carbocycles. The molecule has 3 aromatic rings. The molecule has 1 heterocycles. The fraction of sp³-hybridized carbons (Fsp3) is 0.250. The van der Waals surface area contributed by atoms with E-state index in [2.05, 4.69) is 36.4 Å². The Morgan fingerprint density at radius 1 is 1.07 bits per heavy atom. The summed E-state index contributed by atoms with van der Waals surface area (Å²) in [5.41, 5.74) is 4.62. The van der Waals surface area contributed by atoms with Crippen LogP contribution in [0.2, 0.25) is 0 Å². The minimum absolute atomic E-state index is 0.0993. The van der Waals surface area contributed by atoms with Gasteiger partial charge in [0.05, 0.1) is 0 Å². The third kappa shape index (κ3) is 3.38. The van der Waals surface area contributed by atoms with Gasteiger partial charge in [0.2, 0.25) is 0 Å². The number of hydrogen-bond acceptors (Lipinski definition) is 2. The molecule has 1 N–H and O–H groups in total. The molecule has 1 aromatic heterocycles. The van der Waals surface area contributed by atoms with Crippen molar-refractivity contribution < 1.29 is 9.90 Å². The van der Waals surface area contributed by atoms with Crippen LogP contribution in [0.15, 0.2) is 65.6 Å². The monoisotopic (exact) mass is 373 g/mol. The summed E-state index contributed by atoms with van der Waals surface area (Å²) in [6, 6.07) is 18.5. The quantitative estimate of drug-likeness (QED) is 0.721. The molecule has 4 heteroatoms. The van der Waals surface area contributed by atoms with E-state index in [0.717, 1.165) is 41.6 Å². The maximum absolute atomic E-state index is 12.7. The van der Waals surface area contributed by atoms with Gasteiger partial charge in [0, 0.05) is 24.0 Å². The number of rotatable bonds is 4. The number of fused-ring (bicyclic) bond motifs is 1. The van der Waals surface area contributed by atoms with Gasteiger partial charge in [-0.2, -0.15) is 0 Å². The van der Waals surface area contributed by atoms with E-state index < -0.39 is 5.97 Å². The molecule has 0 saturated carbocycles. The number of aromatic nitrogens is 1. The third-order valence-corrected chi connectivity index (χ3v) is 5.62. The summed E-state index contributed by atoms with van der Waals surface area (Å²) in [5, 5.41) is 9.49. The molecule has 28 heavy (non-hydrogen) atoms. The molecule has 0 amide bonds. The van der Waals surface area contributed by atoms with Crippen molar-refractivity contribution in [2.75, 3.05) is 0 Å². The van der Waals surface area contributed by atoms with Crippen LogP contribution in [0.5, 0.6) is 0 Å². The van der Waals surface area contributed by atoms with E-state index in [9.17, 15) is 14.7 Å². The maximum Gasteiger partial charge on any atom is 0.341 e. The zero-order valence-corrected chi connectivity index (χ0v) is 15.9. The van der Waals surface area contributed by atoms with Gasteiger partial charge in [-0.1, -0.05) is 61.5 Å². The molecule has 1 atom stereocenters. The first-order valence-electron chi connectivity index (χ1n) is 9.68. The van der Waals surface area contributed by atoms with Gasteiger partial charge in [-0.15, -0.1) is 0 Å². The molecule has 0 bridgehead atoms. The minimum Gasteiger partial charge on any atom is -0.477 e. The van der Waals surface area contributed by atoms with Gasteiger partial charge in [0.15, 0.2) is 5.43 Å². The van der Waals surface area contributed by atoms with Crippen LogP contribution in [-0.2, 0) is 13.0 Å². The van der Waals surface area contributed by atoms with E-state index in [1.165, 1.54) is 6.20 Å². The second-order valence-corrected chi connectivity index (χ2v) is 7.52. The second-order valence-electron chi connectivity index (χ2n) is 7.52. The molecule has 0 aliphatic heterocycles.